The predicted octanol–water partition coefficient (Wildman–Crippen LogP) is 1.48. The second kappa shape index (κ2) is 3.25. The van der Waals surface area contributed by atoms with E-state index in [0.29, 0.717) is 0 Å². The Morgan fingerprint density at radius 2 is 2.54 bits per heavy atom. The van der Waals surface area contributed by atoms with Crippen LogP contribution in [0.15, 0.2) is 29.7 Å². The van der Waals surface area contributed by atoms with Gasteiger partial charge in [-0.05, 0) is 18.4 Å². The van der Waals surface area contributed by atoms with E-state index in [2.05, 4.69) is 5.32 Å². The van der Waals surface area contributed by atoms with Gasteiger partial charge in [0.15, 0.2) is 0 Å². The van der Waals surface area contributed by atoms with Gasteiger partial charge in [0, 0.05) is 11.4 Å². The molecule has 2 N–H and O–H groups in total. The molecule has 2 atom stereocenters. The number of aliphatic hydroxyl groups is 1. The molecule has 0 aliphatic carbocycles. The molecule has 0 saturated carbocycles. The predicted molar refractivity (Wildman–Crippen MR) is 54.8 cm³/mol. The fourth-order valence-electron chi connectivity index (χ4n) is 1.57. The molecule has 1 aliphatic heterocycles. The first-order valence-electron chi connectivity index (χ1n) is 4.37. The van der Waals surface area contributed by atoms with Crippen LogP contribution in [0.2, 0.25) is 0 Å². The molecule has 0 spiro atoms. The van der Waals surface area contributed by atoms with Crippen LogP contribution in [0.1, 0.15) is 11.8 Å². The van der Waals surface area contributed by atoms with Crippen molar-refractivity contribution in [3.05, 3.63) is 34.5 Å². The largest absolute Gasteiger partial charge is 0.383 e. The lowest BCUT2D eigenvalue weighted by Gasteiger charge is -2.28. The molecule has 2 unspecified atom stereocenters. The van der Waals surface area contributed by atoms with Gasteiger partial charge >= 0.3 is 0 Å². The van der Waals surface area contributed by atoms with Crippen molar-refractivity contribution in [1.29, 1.82) is 0 Å². The minimum absolute atomic E-state index is 0.0474. The van der Waals surface area contributed by atoms with E-state index in [9.17, 15) is 5.11 Å². The Hall–Kier alpha value is -0.640. The van der Waals surface area contributed by atoms with E-state index in [1.807, 2.05) is 36.6 Å². The van der Waals surface area contributed by atoms with Gasteiger partial charge in [-0.3, -0.25) is 0 Å². The van der Waals surface area contributed by atoms with Gasteiger partial charge in [0.1, 0.15) is 5.60 Å². The van der Waals surface area contributed by atoms with Crippen molar-refractivity contribution in [3.63, 3.8) is 0 Å². The van der Waals surface area contributed by atoms with Crippen LogP contribution in [0.3, 0.4) is 0 Å². The van der Waals surface area contributed by atoms with E-state index >= 15 is 0 Å². The second-order valence-electron chi connectivity index (χ2n) is 3.44. The zero-order valence-corrected chi connectivity index (χ0v) is 8.34. The first-order chi connectivity index (χ1) is 6.21. The van der Waals surface area contributed by atoms with Crippen molar-refractivity contribution in [2.45, 2.75) is 18.6 Å². The maximum absolute atomic E-state index is 10.3. The fourth-order valence-corrected chi connectivity index (χ4v) is 2.40. The van der Waals surface area contributed by atoms with Gasteiger partial charge in [-0.25, -0.2) is 0 Å². The molecule has 0 amide bonds. The molecule has 3 heteroatoms. The molecule has 0 saturated heterocycles. The number of thiophene rings is 1. The molecule has 0 bridgehead atoms. The molecular weight excluding hydrogens is 182 g/mol. The molecule has 1 aromatic heterocycles. The molecule has 2 rings (SSSR count). The van der Waals surface area contributed by atoms with Crippen molar-refractivity contribution in [2.75, 3.05) is 6.54 Å². The summed E-state index contributed by atoms with van der Waals surface area (Å²) in [5.41, 5.74) is -0.777. The normalized spacial score (nSPS) is 26.2. The van der Waals surface area contributed by atoms with Crippen molar-refractivity contribution in [2.24, 2.45) is 0 Å². The minimum atomic E-state index is -0.777. The molecule has 70 valence electrons. The minimum Gasteiger partial charge on any atom is -0.383 e. The van der Waals surface area contributed by atoms with E-state index < -0.39 is 5.60 Å². The highest BCUT2D eigenvalue weighted by Crippen LogP contribution is 2.30. The van der Waals surface area contributed by atoms with Crippen molar-refractivity contribution < 1.29 is 5.11 Å². The highest BCUT2D eigenvalue weighted by Gasteiger charge is 2.33. The standard InChI is InChI=1S/C10H13NOS/c1-10(12,8-4-2-6-11-8)9-5-3-7-13-9/h2-5,7-8,11-12H,6H2,1H3. The van der Waals surface area contributed by atoms with Crippen LogP contribution in [0.25, 0.3) is 0 Å². The summed E-state index contributed by atoms with van der Waals surface area (Å²) in [6, 6.07) is 3.98. The van der Waals surface area contributed by atoms with E-state index in [1.165, 1.54) is 0 Å². The third kappa shape index (κ3) is 1.55. The Kier molecular flexibility index (Phi) is 2.24. The van der Waals surface area contributed by atoms with Crippen LogP contribution in [0.5, 0.6) is 0 Å². The summed E-state index contributed by atoms with van der Waals surface area (Å²) in [7, 11) is 0. The highest BCUT2D eigenvalue weighted by molar-refractivity contribution is 7.10. The van der Waals surface area contributed by atoms with E-state index in [-0.39, 0.29) is 6.04 Å². The average Bonchev–Trinajstić information content (AvgIpc) is 2.78. The van der Waals surface area contributed by atoms with Gasteiger partial charge < -0.3 is 10.4 Å². The van der Waals surface area contributed by atoms with Gasteiger partial charge in [-0.1, -0.05) is 18.2 Å². The monoisotopic (exact) mass is 195 g/mol. The smallest absolute Gasteiger partial charge is 0.115 e. The molecule has 0 aromatic carbocycles. The first kappa shape index (κ1) is 8.94. The van der Waals surface area contributed by atoms with E-state index in [4.69, 9.17) is 0 Å². The number of hydrogen-bond acceptors (Lipinski definition) is 3. The van der Waals surface area contributed by atoms with Crippen LogP contribution in [0, 0.1) is 0 Å². The van der Waals surface area contributed by atoms with Gasteiger partial charge in [0.25, 0.3) is 0 Å². The van der Waals surface area contributed by atoms with Crippen LogP contribution in [-0.4, -0.2) is 17.7 Å². The van der Waals surface area contributed by atoms with Gasteiger partial charge in [-0.2, -0.15) is 0 Å². The Morgan fingerprint density at radius 1 is 1.69 bits per heavy atom. The third-order valence-electron chi connectivity index (χ3n) is 2.41. The lowest BCUT2D eigenvalue weighted by molar-refractivity contribution is 0.0388. The zero-order valence-electron chi connectivity index (χ0n) is 7.53. The number of rotatable bonds is 2. The quantitative estimate of drug-likeness (QED) is 0.701. The fraction of sp³-hybridized carbons (Fsp3) is 0.400. The number of hydrogen-bond donors (Lipinski definition) is 2. The SMILES string of the molecule is CC(O)(c1cccs1)C1C=CCN1. The lowest BCUT2D eigenvalue weighted by Crippen LogP contribution is -2.42. The maximum Gasteiger partial charge on any atom is 0.115 e. The molecule has 2 heterocycles. The summed E-state index contributed by atoms with van der Waals surface area (Å²) in [5.74, 6) is 0. The van der Waals surface area contributed by atoms with Crippen LogP contribution in [-0.2, 0) is 5.60 Å². The Bertz CT molecular complexity index is 303. The van der Waals surface area contributed by atoms with Gasteiger partial charge in [-0.15, -0.1) is 11.3 Å². The molecule has 0 fully saturated rings. The Morgan fingerprint density at radius 3 is 3.08 bits per heavy atom. The van der Waals surface area contributed by atoms with E-state index in [1.54, 1.807) is 11.3 Å². The summed E-state index contributed by atoms with van der Waals surface area (Å²) in [6.07, 6.45) is 4.08. The molecule has 13 heavy (non-hydrogen) atoms. The van der Waals surface area contributed by atoms with Gasteiger partial charge in [0.05, 0.1) is 6.04 Å². The first-order valence-corrected chi connectivity index (χ1v) is 5.25. The topological polar surface area (TPSA) is 32.3 Å². The summed E-state index contributed by atoms with van der Waals surface area (Å²) in [4.78, 5) is 1.01. The van der Waals surface area contributed by atoms with Crippen LogP contribution >= 0.6 is 11.3 Å². The van der Waals surface area contributed by atoms with Crippen molar-refractivity contribution in [1.82, 2.24) is 5.32 Å². The van der Waals surface area contributed by atoms with Crippen LogP contribution < -0.4 is 5.32 Å². The van der Waals surface area contributed by atoms with E-state index in [0.717, 1.165) is 11.4 Å². The third-order valence-corrected chi connectivity index (χ3v) is 3.51. The van der Waals surface area contributed by atoms with Crippen LogP contribution in [0.4, 0.5) is 0 Å². The van der Waals surface area contributed by atoms with Crippen molar-refractivity contribution in [3.8, 4) is 0 Å². The molecular formula is C10H13NOS. The molecule has 0 radical (unpaired) electrons. The maximum atomic E-state index is 10.3. The summed E-state index contributed by atoms with van der Waals surface area (Å²) in [6.45, 7) is 2.71. The lowest BCUT2D eigenvalue weighted by atomic mass is 9.95. The number of nitrogens with one attached hydrogen (secondary N) is 1. The van der Waals surface area contributed by atoms with Gasteiger partial charge in [0.2, 0.25) is 0 Å². The second-order valence-corrected chi connectivity index (χ2v) is 4.39. The highest BCUT2D eigenvalue weighted by atomic mass is 32.1. The zero-order chi connectivity index (χ0) is 9.31. The molecule has 1 aromatic rings. The Balaban J connectivity index is 2.24. The summed E-state index contributed by atoms with van der Waals surface area (Å²) >= 11 is 1.59. The van der Waals surface area contributed by atoms with Crippen molar-refractivity contribution >= 4 is 11.3 Å². The average molecular weight is 195 g/mol. The summed E-state index contributed by atoms with van der Waals surface area (Å²) in [5, 5.41) is 15.5. The Labute approximate surface area is 81.9 Å². The summed E-state index contributed by atoms with van der Waals surface area (Å²) < 4.78 is 0. The molecule has 2 nitrogen and oxygen atoms in total. The molecule has 1 aliphatic rings.